The van der Waals surface area contributed by atoms with Gasteiger partial charge in [0.15, 0.2) is 0 Å². The lowest BCUT2D eigenvalue weighted by molar-refractivity contribution is -0.120. The van der Waals surface area contributed by atoms with Crippen LogP contribution in [0.15, 0.2) is 83.8 Å². The Morgan fingerprint density at radius 2 is 1.61 bits per heavy atom. The Kier molecular flexibility index (Phi) is 7.20. The van der Waals surface area contributed by atoms with Crippen LogP contribution in [0.3, 0.4) is 0 Å². The standard InChI is InChI=1S/C23H23ClN2O4S/c1-17(18-12-14-19(30-2)15-13-18)25-23(27)16-26(22-11-7-6-10-21(22)24)31(28,29)20-8-4-3-5-9-20/h3-15,17H,16H2,1-2H3,(H,25,27)/t17-/m1/s1. The summed E-state index contributed by atoms with van der Waals surface area (Å²) in [6, 6.07) is 21.4. The minimum absolute atomic E-state index is 0.0749. The molecular formula is C23H23ClN2O4S. The molecule has 0 aliphatic heterocycles. The van der Waals surface area contributed by atoms with Crippen LogP contribution in [0.25, 0.3) is 0 Å². The summed E-state index contributed by atoms with van der Waals surface area (Å²) < 4.78 is 32.8. The van der Waals surface area contributed by atoms with Crippen molar-refractivity contribution in [2.45, 2.75) is 17.9 Å². The van der Waals surface area contributed by atoms with Crippen molar-refractivity contribution in [1.29, 1.82) is 0 Å². The number of carbonyl (C=O) groups is 1. The lowest BCUT2D eigenvalue weighted by Gasteiger charge is -2.26. The van der Waals surface area contributed by atoms with Crippen molar-refractivity contribution in [3.63, 3.8) is 0 Å². The largest absolute Gasteiger partial charge is 0.497 e. The second-order valence-corrected chi connectivity index (χ2v) is 9.11. The number of methoxy groups -OCH3 is 1. The molecule has 8 heteroatoms. The number of benzene rings is 3. The van der Waals surface area contributed by atoms with Gasteiger partial charge in [0.2, 0.25) is 5.91 Å². The number of ether oxygens (including phenoxy) is 1. The first-order valence-corrected chi connectivity index (χ1v) is 11.4. The van der Waals surface area contributed by atoms with E-state index in [0.717, 1.165) is 9.87 Å². The maximum Gasteiger partial charge on any atom is 0.264 e. The zero-order chi connectivity index (χ0) is 22.4. The first-order valence-electron chi connectivity index (χ1n) is 9.58. The molecule has 162 valence electrons. The van der Waals surface area contributed by atoms with Crippen LogP contribution in [0.4, 0.5) is 5.69 Å². The molecular weight excluding hydrogens is 436 g/mol. The molecule has 0 radical (unpaired) electrons. The summed E-state index contributed by atoms with van der Waals surface area (Å²) in [5, 5.41) is 3.08. The highest BCUT2D eigenvalue weighted by atomic mass is 35.5. The van der Waals surface area contributed by atoms with Crippen LogP contribution >= 0.6 is 11.6 Å². The molecule has 6 nitrogen and oxygen atoms in total. The van der Waals surface area contributed by atoms with Gasteiger partial charge in [-0.15, -0.1) is 0 Å². The Hall–Kier alpha value is -3.03. The predicted molar refractivity (Wildman–Crippen MR) is 122 cm³/mol. The summed E-state index contributed by atoms with van der Waals surface area (Å²) in [4.78, 5) is 12.9. The molecule has 0 saturated carbocycles. The van der Waals surface area contributed by atoms with E-state index in [1.54, 1.807) is 61.7 Å². The first kappa shape index (κ1) is 22.7. The summed E-state index contributed by atoms with van der Waals surface area (Å²) >= 11 is 6.28. The Balaban J connectivity index is 1.86. The Labute approximate surface area is 187 Å². The first-order chi connectivity index (χ1) is 14.8. The molecule has 3 aromatic carbocycles. The van der Waals surface area contributed by atoms with Crippen LogP contribution in [0.5, 0.6) is 5.75 Å². The summed E-state index contributed by atoms with van der Waals surface area (Å²) in [6.07, 6.45) is 0. The second-order valence-electron chi connectivity index (χ2n) is 6.84. The molecule has 3 rings (SSSR count). The van der Waals surface area contributed by atoms with Gasteiger partial charge in [-0.2, -0.15) is 0 Å². The second kappa shape index (κ2) is 9.85. The monoisotopic (exact) mass is 458 g/mol. The molecule has 0 unspecified atom stereocenters. The van der Waals surface area contributed by atoms with Gasteiger partial charge >= 0.3 is 0 Å². The molecule has 0 heterocycles. The third kappa shape index (κ3) is 5.37. The zero-order valence-electron chi connectivity index (χ0n) is 17.2. The van der Waals surface area contributed by atoms with Gasteiger partial charge in [-0.25, -0.2) is 8.42 Å². The topological polar surface area (TPSA) is 75.7 Å². The fourth-order valence-electron chi connectivity index (χ4n) is 3.07. The van der Waals surface area contributed by atoms with Gasteiger partial charge in [-0.3, -0.25) is 9.10 Å². The highest BCUT2D eigenvalue weighted by Gasteiger charge is 2.28. The number of anilines is 1. The average molecular weight is 459 g/mol. The molecule has 0 fully saturated rings. The van der Waals surface area contributed by atoms with E-state index in [-0.39, 0.29) is 21.6 Å². The van der Waals surface area contributed by atoms with Crippen LogP contribution < -0.4 is 14.4 Å². The van der Waals surface area contributed by atoms with E-state index in [4.69, 9.17) is 16.3 Å². The van der Waals surface area contributed by atoms with E-state index in [0.29, 0.717) is 5.75 Å². The molecule has 0 aliphatic carbocycles. The van der Waals surface area contributed by atoms with Gasteiger partial charge in [0.1, 0.15) is 12.3 Å². The molecule has 0 bridgehead atoms. The molecule has 0 aliphatic rings. The Morgan fingerprint density at radius 1 is 1.00 bits per heavy atom. The van der Waals surface area contributed by atoms with Gasteiger partial charge in [-0.05, 0) is 48.9 Å². The smallest absolute Gasteiger partial charge is 0.264 e. The van der Waals surface area contributed by atoms with Crippen LogP contribution in [0.2, 0.25) is 5.02 Å². The number of hydrogen-bond donors (Lipinski definition) is 1. The zero-order valence-corrected chi connectivity index (χ0v) is 18.7. The van der Waals surface area contributed by atoms with E-state index >= 15 is 0 Å². The maximum atomic E-state index is 13.3. The Morgan fingerprint density at radius 3 is 2.23 bits per heavy atom. The van der Waals surface area contributed by atoms with Crippen molar-refractivity contribution in [3.8, 4) is 5.75 Å². The van der Waals surface area contributed by atoms with Gasteiger partial charge in [0, 0.05) is 0 Å². The lowest BCUT2D eigenvalue weighted by atomic mass is 10.1. The van der Waals surface area contributed by atoms with Crippen LogP contribution in [0, 0.1) is 0 Å². The third-order valence-corrected chi connectivity index (χ3v) is 6.83. The average Bonchev–Trinajstić information content (AvgIpc) is 2.78. The van der Waals surface area contributed by atoms with Crippen molar-refractivity contribution in [2.75, 3.05) is 18.0 Å². The van der Waals surface area contributed by atoms with Gasteiger partial charge in [-0.1, -0.05) is 54.1 Å². The van der Waals surface area contributed by atoms with E-state index in [1.165, 1.54) is 12.1 Å². The summed E-state index contributed by atoms with van der Waals surface area (Å²) in [5.41, 5.74) is 1.10. The molecule has 31 heavy (non-hydrogen) atoms. The number of amides is 1. The highest BCUT2D eigenvalue weighted by Crippen LogP contribution is 2.30. The van der Waals surface area contributed by atoms with Crippen LogP contribution in [0.1, 0.15) is 18.5 Å². The van der Waals surface area contributed by atoms with Crippen LogP contribution in [-0.4, -0.2) is 28.0 Å². The Bertz CT molecular complexity index is 1140. The van der Waals surface area contributed by atoms with E-state index in [1.807, 2.05) is 19.1 Å². The van der Waals surface area contributed by atoms with E-state index < -0.39 is 22.5 Å². The fraction of sp³-hybridized carbons (Fsp3) is 0.174. The molecule has 1 atom stereocenters. The van der Waals surface area contributed by atoms with Crippen molar-refractivity contribution >= 4 is 33.2 Å². The molecule has 1 amide bonds. The molecule has 0 spiro atoms. The van der Waals surface area contributed by atoms with Gasteiger partial charge in [0.05, 0.1) is 28.8 Å². The number of sulfonamides is 1. The number of nitrogens with one attached hydrogen (secondary N) is 1. The molecule has 0 aromatic heterocycles. The minimum atomic E-state index is -4.01. The number of carbonyl (C=O) groups excluding carboxylic acids is 1. The van der Waals surface area contributed by atoms with Gasteiger partial charge in [0.25, 0.3) is 10.0 Å². The fourth-order valence-corrected chi connectivity index (χ4v) is 4.82. The quantitative estimate of drug-likeness (QED) is 0.542. The maximum absolute atomic E-state index is 13.3. The summed E-state index contributed by atoms with van der Waals surface area (Å²) in [7, 11) is -2.43. The highest BCUT2D eigenvalue weighted by molar-refractivity contribution is 7.92. The predicted octanol–water partition coefficient (Wildman–Crippen LogP) is 4.42. The number of rotatable bonds is 8. The van der Waals surface area contributed by atoms with Crippen molar-refractivity contribution in [1.82, 2.24) is 5.32 Å². The molecule has 3 aromatic rings. The van der Waals surface area contributed by atoms with Gasteiger partial charge < -0.3 is 10.1 Å². The number of hydrogen-bond acceptors (Lipinski definition) is 4. The van der Waals surface area contributed by atoms with E-state index in [9.17, 15) is 13.2 Å². The van der Waals surface area contributed by atoms with Crippen LogP contribution in [-0.2, 0) is 14.8 Å². The minimum Gasteiger partial charge on any atom is -0.497 e. The summed E-state index contributed by atoms with van der Waals surface area (Å²) in [6.45, 7) is 1.41. The molecule has 1 N–H and O–H groups in total. The van der Waals surface area contributed by atoms with E-state index in [2.05, 4.69) is 5.32 Å². The number of halogens is 1. The number of para-hydroxylation sites is 1. The van der Waals surface area contributed by atoms with Crippen molar-refractivity contribution < 1.29 is 17.9 Å². The summed E-state index contributed by atoms with van der Waals surface area (Å²) in [5.74, 6) is 0.254. The third-order valence-electron chi connectivity index (χ3n) is 4.73. The molecule has 0 saturated heterocycles. The van der Waals surface area contributed by atoms with Crippen molar-refractivity contribution in [3.05, 3.63) is 89.4 Å². The SMILES string of the molecule is COc1ccc([C@@H](C)NC(=O)CN(c2ccccc2Cl)S(=O)(=O)c2ccccc2)cc1. The normalized spacial score (nSPS) is 12.1. The number of nitrogens with zero attached hydrogens (tertiary/aromatic N) is 1. The van der Waals surface area contributed by atoms with Crippen molar-refractivity contribution in [2.24, 2.45) is 0 Å². The lowest BCUT2D eigenvalue weighted by Crippen LogP contribution is -2.41.